The van der Waals surface area contributed by atoms with Gasteiger partial charge in [-0.05, 0) is 43.2 Å². The molecule has 0 saturated heterocycles. The van der Waals surface area contributed by atoms with Crippen molar-refractivity contribution >= 4 is 108 Å². The fraction of sp³-hybridized carbons (Fsp3) is 0.600. The second kappa shape index (κ2) is 66.0. The van der Waals surface area contributed by atoms with Crippen LogP contribution in [0, 0.1) is 0 Å². The number of nitrogens with two attached hydrogens (primary N) is 4. The van der Waals surface area contributed by atoms with Crippen molar-refractivity contribution in [1.29, 1.82) is 0 Å². The summed E-state index contributed by atoms with van der Waals surface area (Å²) in [5.41, 5.74) is 23.3. The number of carboxylic acids is 1. The van der Waals surface area contributed by atoms with Crippen LogP contribution < -0.4 is 86.7 Å². The Kier molecular flexibility index (Phi) is 57.8. The third kappa shape index (κ3) is 57.4. The van der Waals surface area contributed by atoms with Crippen LogP contribution in [-0.2, 0) is 126 Å². The molecule has 0 fully saturated rings. The molecule has 2 aromatic carbocycles. The number of carboxylic acid groups (broad SMARTS) is 1. The van der Waals surface area contributed by atoms with Gasteiger partial charge in [0.05, 0.1) is 144 Å². The molecule has 45 heteroatoms. The van der Waals surface area contributed by atoms with Crippen LogP contribution >= 0.6 is 12.6 Å². The SMILES string of the molecule is NC(=O)COCC(=O)NCCOCCOCCOCCNC(=O)CNC(=O)[C@H](Cc1ccccc1)NC(=O)CNC(=O)[C@H](CC(=O)O)NC(=O)CNC(=O)[C@H](CCCN=C(N)N)NC(=O)C(S)NC(=O)[C@@H](N)CCCCNC(=O)COCC(=O)NCCOCCOCCOCCOCCOCCNC(=O)CO/N=C/c1ccccc1. The molecule has 115 heavy (non-hydrogen) atoms. The monoisotopic (exact) mass is 1650 g/mol. The molecule has 0 bridgehead atoms. The number of guanidine groups is 1. The Morgan fingerprint density at radius 1 is 0.400 bits per heavy atom. The van der Waals surface area contributed by atoms with Crippen LogP contribution in [-0.4, -0.2) is 327 Å². The quantitative estimate of drug-likeness (QED) is 0.00730. The van der Waals surface area contributed by atoms with E-state index in [1.807, 2.05) is 30.3 Å². The van der Waals surface area contributed by atoms with Gasteiger partial charge in [-0.1, -0.05) is 65.8 Å². The first-order valence-electron chi connectivity index (χ1n) is 36.8. The smallest absolute Gasteiger partial charge is 0.305 e. The Morgan fingerprint density at radius 2 is 0.809 bits per heavy atom. The van der Waals surface area contributed by atoms with E-state index in [0.29, 0.717) is 77.8 Å². The van der Waals surface area contributed by atoms with E-state index < -0.39 is 139 Å². The Hall–Kier alpha value is -10.3. The number of ether oxygens (including phenoxy) is 10. The lowest BCUT2D eigenvalue weighted by atomic mass is 10.1. The summed E-state index contributed by atoms with van der Waals surface area (Å²) in [6, 6.07) is 12.2. The lowest BCUT2D eigenvalue weighted by molar-refractivity contribution is -0.141. The molecule has 5 atom stereocenters. The van der Waals surface area contributed by atoms with E-state index in [2.05, 4.69) is 86.6 Å². The summed E-state index contributed by atoms with van der Waals surface area (Å²) in [6.45, 7) is 1.52. The standard InChI is InChI=1S/C70H112N18O26S/c71-51(14-7-8-16-75-59(93)46-113-47-61(95)78-20-24-106-28-32-109-34-36-111-37-35-110-33-29-107-25-21-79-62(96)48-114-84-40-50-12-5-2-6-13-50)64(99)88-69(115)68(103)87-52(15-9-17-80-70(73)74)65(100)82-42-58(92)86-54(39-63(97)98)67(102)83-43-57(91)85-53(38-49-10-3-1-4-11-49)66(101)81-41-56(90)76-18-22-104-26-30-108-31-27-105-23-19-77-60(94)45-112-44-55(72)89/h1-6,10-13,40,51-54,69,115H,7-9,14-39,41-48,71H2,(H2,72,89)(H,75,93)(H,76,90)(H,77,94)(H,78,95)(H,79,96)(H,81,101)(H,82,100)(H,83,102)(H,85,91)(H,86,92)(H,87,103)(H,88,99)(H,97,98)(H4,73,74,80)/b84-40+/t51-,52-,53-,54-,69?/m0/s1. The number of rotatable bonds is 70. The maximum absolute atomic E-state index is 13.5. The highest BCUT2D eigenvalue weighted by atomic mass is 32.1. The molecule has 0 spiro atoms. The van der Waals surface area contributed by atoms with Crippen LogP contribution in [0.4, 0.5) is 0 Å². The number of nitrogens with one attached hydrogen (secondary N) is 12. The van der Waals surface area contributed by atoms with Crippen molar-refractivity contribution in [2.75, 3.05) is 198 Å². The second-order valence-electron chi connectivity index (χ2n) is 24.2. The lowest BCUT2D eigenvalue weighted by Gasteiger charge is -2.22. The second-order valence-corrected chi connectivity index (χ2v) is 24.7. The van der Waals surface area contributed by atoms with Crippen molar-refractivity contribution in [2.45, 2.75) is 74.5 Å². The van der Waals surface area contributed by atoms with Gasteiger partial charge in [-0.15, -0.1) is 12.6 Å². The molecule has 0 radical (unpaired) electrons. The lowest BCUT2D eigenvalue weighted by Crippen LogP contribution is -2.56. The Morgan fingerprint density at radius 3 is 1.28 bits per heavy atom. The van der Waals surface area contributed by atoms with Crippen LogP contribution in [0.15, 0.2) is 70.8 Å². The van der Waals surface area contributed by atoms with Crippen molar-refractivity contribution in [3.05, 3.63) is 71.8 Å². The molecule has 0 aromatic heterocycles. The van der Waals surface area contributed by atoms with Gasteiger partial charge in [0.15, 0.2) is 17.9 Å². The molecule has 13 amide bonds. The zero-order chi connectivity index (χ0) is 84.3. The van der Waals surface area contributed by atoms with Gasteiger partial charge in [0, 0.05) is 45.7 Å². The third-order valence-corrected chi connectivity index (χ3v) is 15.0. The summed E-state index contributed by atoms with van der Waals surface area (Å²) < 4.78 is 53.4. The topological polar surface area (TPSA) is 634 Å². The van der Waals surface area contributed by atoms with Crippen LogP contribution in [0.25, 0.3) is 0 Å². The number of aliphatic imine (C=N–C) groups is 1. The number of hydrogen-bond acceptors (Lipinski definition) is 29. The molecule has 0 aliphatic rings. The highest BCUT2D eigenvalue weighted by Gasteiger charge is 2.29. The summed E-state index contributed by atoms with van der Waals surface area (Å²) >= 11 is 4.17. The van der Waals surface area contributed by atoms with E-state index in [9.17, 15) is 72.2 Å². The Labute approximate surface area is 670 Å². The predicted molar refractivity (Wildman–Crippen MR) is 412 cm³/mol. The van der Waals surface area contributed by atoms with Crippen molar-refractivity contribution < 1.29 is 124 Å². The largest absolute Gasteiger partial charge is 0.481 e. The fourth-order valence-electron chi connectivity index (χ4n) is 9.04. The highest BCUT2D eigenvalue weighted by Crippen LogP contribution is 2.07. The number of benzene rings is 2. The molecule has 0 heterocycles. The van der Waals surface area contributed by atoms with E-state index in [1.54, 1.807) is 30.3 Å². The normalized spacial score (nSPS) is 12.2. The highest BCUT2D eigenvalue weighted by molar-refractivity contribution is 7.81. The fourth-order valence-corrected chi connectivity index (χ4v) is 9.24. The number of nitrogens with zero attached hydrogens (tertiary/aromatic N) is 2. The van der Waals surface area contributed by atoms with Crippen molar-refractivity contribution in [2.24, 2.45) is 33.1 Å². The molecule has 2 aromatic rings. The van der Waals surface area contributed by atoms with Gasteiger partial charge in [0.2, 0.25) is 65.0 Å². The average Bonchev–Trinajstić information content (AvgIpc) is 0.886. The first-order chi connectivity index (χ1) is 55.4. The molecule has 0 saturated carbocycles. The van der Waals surface area contributed by atoms with Gasteiger partial charge in [-0.2, -0.15) is 0 Å². The van der Waals surface area contributed by atoms with Gasteiger partial charge in [0.1, 0.15) is 44.6 Å². The Balaban J connectivity index is 1.64. The summed E-state index contributed by atoms with van der Waals surface area (Å²) in [5.74, 6) is -11.4. The minimum Gasteiger partial charge on any atom is -0.481 e. The maximum atomic E-state index is 13.5. The van der Waals surface area contributed by atoms with E-state index in [1.165, 1.54) is 6.21 Å². The van der Waals surface area contributed by atoms with Gasteiger partial charge >= 0.3 is 5.97 Å². The van der Waals surface area contributed by atoms with Crippen LogP contribution in [0.5, 0.6) is 0 Å². The average molecular weight is 1650 g/mol. The number of oxime groups is 1. The number of primary amides is 1. The molecular weight excluding hydrogens is 1540 g/mol. The van der Waals surface area contributed by atoms with Gasteiger partial charge < -0.3 is 144 Å². The number of carbonyl (C=O) groups excluding carboxylic acids is 13. The number of aliphatic carboxylic acids is 1. The van der Waals surface area contributed by atoms with E-state index in [4.69, 9.17) is 75.1 Å². The van der Waals surface area contributed by atoms with Crippen molar-refractivity contribution in [1.82, 2.24) is 63.8 Å². The van der Waals surface area contributed by atoms with Gasteiger partial charge in [0.25, 0.3) is 11.8 Å². The van der Waals surface area contributed by atoms with Gasteiger partial charge in [-0.25, -0.2) is 0 Å². The Bertz CT molecular complexity index is 3260. The van der Waals surface area contributed by atoms with Crippen molar-refractivity contribution in [3.8, 4) is 0 Å². The van der Waals surface area contributed by atoms with Crippen LogP contribution in [0.3, 0.4) is 0 Å². The molecule has 21 N–H and O–H groups in total. The summed E-state index contributed by atoms with van der Waals surface area (Å²) in [4.78, 5) is 185. The number of hydrogen-bond donors (Lipinski definition) is 18. The first kappa shape index (κ1) is 101. The summed E-state index contributed by atoms with van der Waals surface area (Å²) in [5, 5.41) is 41.2. The minimum atomic E-state index is -1.81. The zero-order valence-electron chi connectivity index (χ0n) is 64.2. The van der Waals surface area contributed by atoms with Crippen molar-refractivity contribution in [3.63, 3.8) is 0 Å². The third-order valence-electron chi connectivity index (χ3n) is 14.7. The van der Waals surface area contributed by atoms with E-state index >= 15 is 0 Å². The number of unbranched alkanes of at least 4 members (excludes halogenated alkanes) is 1. The first-order valence-corrected chi connectivity index (χ1v) is 37.3. The number of amides is 13. The minimum absolute atomic E-state index is 0.000358. The van der Waals surface area contributed by atoms with Gasteiger partial charge in [-0.3, -0.25) is 72.1 Å². The zero-order valence-corrected chi connectivity index (χ0v) is 65.1. The molecule has 2 rings (SSSR count). The number of thiol groups is 1. The van der Waals surface area contributed by atoms with Crippen LogP contribution in [0.2, 0.25) is 0 Å². The predicted octanol–water partition coefficient (Wildman–Crippen LogP) is -8.29. The molecular formula is C70H112N18O26S. The molecule has 1 unspecified atom stereocenters. The molecule has 44 nitrogen and oxygen atoms in total. The van der Waals surface area contributed by atoms with Crippen LogP contribution in [0.1, 0.15) is 49.7 Å². The van der Waals surface area contributed by atoms with E-state index in [-0.39, 0.29) is 150 Å². The van der Waals surface area contributed by atoms with E-state index in [0.717, 1.165) is 5.56 Å². The summed E-state index contributed by atoms with van der Waals surface area (Å²) in [7, 11) is 0. The molecule has 0 aliphatic carbocycles. The molecule has 644 valence electrons. The summed E-state index contributed by atoms with van der Waals surface area (Å²) in [6.07, 6.45) is 1.27. The molecule has 0 aliphatic heterocycles. The number of carbonyl (C=O) groups is 14. The maximum Gasteiger partial charge on any atom is 0.305 e.